The predicted octanol–water partition coefficient (Wildman–Crippen LogP) is 6.65. The Balaban J connectivity index is 0.00000304. The van der Waals surface area contributed by atoms with Gasteiger partial charge in [-0.05, 0) is 48.5 Å². The number of benzene rings is 3. The normalized spacial score (nSPS) is 11.8. The number of nitrogens with zero attached hydrogens (tertiary/aromatic N) is 4. The average molecular weight is 502 g/mol. The second kappa shape index (κ2) is 10.3. The van der Waals surface area contributed by atoms with Crippen molar-refractivity contribution in [1.29, 1.82) is 0 Å². The number of nitrogens with one attached hydrogen (secondary N) is 1. The first-order chi connectivity index (χ1) is 16.9. The minimum atomic E-state index is -0.351. The molecule has 6 nitrogen and oxygen atoms in total. The number of hydrogen-bond acceptors (Lipinski definition) is 5. The summed E-state index contributed by atoms with van der Waals surface area (Å²) in [6.45, 7) is 1.82. The monoisotopic (exact) mass is 501 g/mol. The molecule has 1 aliphatic heterocycles. The molecule has 8 heteroatoms. The molecule has 0 saturated carbocycles. The lowest BCUT2D eigenvalue weighted by atomic mass is 9.95. The first kappa shape index (κ1) is 25.0. The van der Waals surface area contributed by atoms with E-state index in [1.54, 1.807) is 48.5 Å². The third-order valence-corrected chi connectivity index (χ3v) is 6.11. The van der Waals surface area contributed by atoms with Crippen LogP contribution in [0, 0.1) is 5.82 Å². The molecule has 0 spiro atoms. The maximum absolute atomic E-state index is 14.7. The lowest BCUT2D eigenvalue weighted by Gasteiger charge is -2.16. The molecule has 0 fully saturated rings. The van der Waals surface area contributed by atoms with Gasteiger partial charge < -0.3 is 10.2 Å². The molecule has 1 N–H and O–H groups in total. The van der Waals surface area contributed by atoms with Crippen LogP contribution in [0.25, 0.3) is 11.3 Å². The van der Waals surface area contributed by atoms with E-state index < -0.39 is 0 Å². The summed E-state index contributed by atoms with van der Waals surface area (Å²) < 4.78 is 14.7. The Morgan fingerprint density at radius 3 is 2.50 bits per heavy atom. The van der Waals surface area contributed by atoms with E-state index in [0.29, 0.717) is 40.0 Å². The number of aliphatic imine (C=N–C) groups is 1. The second-order valence-corrected chi connectivity index (χ2v) is 8.59. The van der Waals surface area contributed by atoms with Crippen LogP contribution >= 0.6 is 11.6 Å². The van der Waals surface area contributed by atoms with Crippen LogP contribution in [0.2, 0.25) is 5.02 Å². The van der Waals surface area contributed by atoms with Crippen molar-refractivity contribution >= 4 is 40.5 Å². The van der Waals surface area contributed by atoms with Gasteiger partial charge in [-0.1, -0.05) is 37.2 Å². The van der Waals surface area contributed by atoms with Gasteiger partial charge in [0.25, 0.3) is 0 Å². The van der Waals surface area contributed by atoms with Crippen LogP contribution in [-0.4, -0.2) is 28.6 Å². The van der Waals surface area contributed by atoms with E-state index >= 15 is 0 Å². The average Bonchev–Trinajstić information content (AvgIpc) is 3.01. The van der Waals surface area contributed by atoms with Gasteiger partial charge in [0.05, 0.1) is 18.0 Å². The SMILES string of the molecule is C.CC(=O)N(C)c1ccc(Nc2ncc3c(n2)-c2ccc(Cl)cc2C(c2ccccc2F)=NC3)cc1. The van der Waals surface area contributed by atoms with E-state index in [9.17, 15) is 9.18 Å². The van der Waals surface area contributed by atoms with Gasteiger partial charge in [-0.2, -0.15) is 0 Å². The standard InChI is InChI=1S/C27H21ClFN5O.CH4/c1-16(35)34(2)20-10-8-19(9-11-20)32-27-31-15-17-14-30-26(22-5-3-4-6-24(22)29)23-13-18(28)7-12-21(23)25(17)33-27;/h3-13,15H,14H2,1-2H3,(H,31,32,33);1H4. The maximum Gasteiger partial charge on any atom is 0.227 e. The van der Waals surface area contributed by atoms with Crippen molar-refractivity contribution < 1.29 is 9.18 Å². The van der Waals surface area contributed by atoms with E-state index in [1.807, 2.05) is 30.3 Å². The van der Waals surface area contributed by atoms with E-state index in [0.717, 1.165) is 22.5 Å². The van der Waals surface area contributed by atoms with Gasteiger partial charge >= 0.3 is 0 Å². The van der Waals surface area contributed by atoms with Gasteiger partial charge in [0.2, 0.25) is 11.9 Å². The van der Waals surface area contributed by atoms with Crippen LogP contribution in [0.15, 0.2) is 77.9 Å². The number of aromatic nitrogens is 2. The summed E-state index contributed by atoms with van der Waals surface area (Å²) in [5.41, 5.74) is 5.54. The summed E-state index contributed by atoms with van der Waals surface area (Å²) in [5.74, 6) is 0.0117. The Bertz CT molecular complexity index is 1470. The molecule has 1 amide bonds. The molecule has 4 aromatic rings. The highest BCUT2D eigenvalue weighted by molar-refractivity contribution is 6.31. The predicted molar refractivity (Wildman–Crippen MR) is 144 cm³/mol. The highest BCUT2D eigenvalue weighted by atomic mass is 35.5. The van der Waals surface area contributed by atoms with E-state index in [2.05, 4.69) is 10.3 Å². The Hall–Kier alpha value is -4.10. The lowest BCUT2D eigenvalue weighted by molar-refractivity contribution is -0.116. The number of halogens is 2. The van der Waals surface area contributed by atoms with Gasteiger partial charge in [0, 0.05) is 58.8 Å². The molecule has 36 heavy (non-hydrogen) atoms. The fourth-order valence-electron chi connectivity index (χ4n) is 3.95. The molecule has 3 aromatic carbocycles. The number of carbonyl (C=O) groups is 1. The van der Waals surface area contributed by atoms with Crippen molar-refractivity contribution in [3.8, 4) is 11.3 Å². The molecule has 0 aliphatic carbocycles. The minimum Gasteiger partial charge on any atom is -0.324 e. The molecule has 5 rings (SSSR count). The topological polar surface area (TPSA) is 70.5 Å². The molecular formula is C28H25ClFN5O. The van der Waals surface area contributed by atoms with Crippen LogP contribution in [0.4, 0.5) is 21.7 Å². The van der Waals surface area contributed by atoms with Crippen molar-refractivity contribution in [2.45, 2.75) is 20.9 Å². The fourth-order valence-corrected chi connectivity index (χ4v) is 4.12. The number of anilines is 3. The molecular weight excluding hydrogens is 477 g/mol. The second-order valence-electron chi connectivity index (χ2n) is 8.15. The molecule has 0 bridgehead atoms. The van der Waals surface area contributed by atoms with Crippen molar-refractivity contribution in [3.05, 3.63) is 100 Å². The van der Waals surface area contributed by atoms with Crippen molar-refractivity contribution in [2.75, 3.05) is 17.3 Å². The van der Waals surface area contributed by atoms with Crippen molar-refractivity contribution in [3.63, 3.8) is 0 Å². The number of rotatable bonds is 4. The minimum absolute atomic E-state index is 0. The summed E-state index contributed by atoms with van der Waals surface area (Å²) in [6, 6.07) is 19.4. The molecule has 2 heterocycles. The zero-order valence-electron chi connectivity index (χ0n) is 19.1. The smallest absolute Gasteiger partial charge is 0.227 e. The summed E-state index contributed by atoms with van der Waals surface area (Å²) in [6.07, 6.45) is 1.73. The number of amides is 1. The molecule has 1 aliphatic rings. The van der Waals surface area contributed by atoms with Gasteiger partial charge in [0.1, 0.15) is 5.82 Å². The van der Waals surface area contributed by atoms with Crippen LogP contribution in [0.1, 0.15) is 31.0 Å². The van der Waals surface area contributed by atoms with E-state index in [-0.39, 0.29) is 19.2 Å². The zero-order chi connectivity index (χ0) is 24.5. The van der Waals surface area contributed by atoms with Gasteiger partial charge in [-0.25, -0.2) is 14.4 Å². The highest BCUT2D eigenvalue weighted by Crippen LogP contribution is 2.34. The Labute approximate surface area is 214 Å². The molecule has 0 atom stereocenters. The Morgan fingerprint density at radius 1 is 1.03 bits per heavy atom. The third kappa shape index (κ3) is 4.83. The third-order valence-electron chi connectivity index (χ3n) is 5.88. The summed E-state index contributed by atoms with van der Waals surface area (Å²) in [5, 5.41) is 3.74. The molecule has 0 saturated heterocycles. The van der Waals surface area contributed by atoms with Crippen molar-refractivity contribution in [2.24, 2.45) is 4.99 Å². The molecule has 0 unspecified atom stereocenters. The summed E-state index contributed by atoms with van der Waals surface area (Å²) in [4.78, 5) is 27.1. The first-order valence-corrected chi connectivity index (χ1v) is 11.4. The first-order valence-electron chi connectivity index (χ1n) is 11.0. The quantitative estimate of drug-likeness (QED) is 0.340. The largest absolute Gasteiger partial charge is 0.324 e. The molecule has 1 aromatic heterocycles. The lowest BCUT2D eigenvalue weighted by Crippen LogP contribution is -2.22. The van der Waals surface area contributed by atoms with Crippen LogP contribution in [0.3, 0.4) is 0 Å². The van der Waals surface area contributed by atoms with Crippen LogP contribution in [0.5, 0.6) is 0 Å². The number of fused-ring (bicyclic) bond motifs is 3. The van der Waals surface area contributed by atoms with E-state index in [1.165, 1.54) is 13.0 Å². The number of hydrogen-bond donors (Lipinski definition) is 1. The highest BCUT2D eigenvalue weighted by Gasteiger charge is 2.23. The maximum atomic E-state index is 14.7. The summed E-state index contributed by atoms with van der Waals surface area (Å²) in [7, 11) is 1.72. The van der Waals surface area contributed by atoms with Gasteiger partial charge in [-0.3, -0.25) is 9.79 Å². The molecule has 0 radical (unpaired) electrons. The molecule has 182 valence electrons. The fraction of sp³-hybridized carbons (Fsp3) is 0.143. The van der Waals surface area contributed by atoms with Crippen LogP contribution in [-0.2, 0) is 11.3 Å². The number of carbonyl (C=O) groups excluding carboxylic acids is 1. The zero-order valence-corrected chi connectivity index (χ0v) is 19.8. The Morgan fingerprint density at radius 2 is 1.78 bits per heavy atom. The van der Waals surface area contributed by atoms with Gasteiger partial charge in [0.15, 0.2) is 0 Å². The van der Waals surface area contributed by atoms with Gasteiger partial charge in [-0.15, -0.1) is 0 Å². The van der Waals surface area contributed by atoms with E-state index in [4.69, 9.17) is 21.6 Å². The van der Waals surface area contributed by atoms with Crippen molar-refractivity contribution in [1.82, 2.24) is 9.97 Å². The Kier molecular flexibility index (Phi) is 7.12. The van der Waals surface area contributed by atoms with Crippen LogP contribution < -0.4 is 10.2 Å². The summed E-state index contributed by atoms with van der Waals surface area (Å²) >= 11 is 6.32.